The van der Waals surface area contributed by atoms with Gasteiger partial charge in [-0.25, -0.2) is 0 Å². The van der Waals surface area contributed by atoms with Crippen molar-refractivity contribution in [3.63, 3.8) is 0 Å². The lowest BCUT2D eigenvalue weighted by Gasteiger charge is -2.02. The van der Waals surface area contributed by atoms with Crippen LogP contribution >= 0.6 is 0 Å². The Bertz CT molecular complexity index is 105. The van der Waals surface area contributed by atoms with E-state index in [1.54, 1.807) is 0 Å². The molecule has 3 heteroatoms. The van der Waals surface area contributed by atoms with Crippen molar-refractivity contribution in [3.05, 3.63) is 11.6 Å². The average Bonchev–Trinajstić information content (AvgIpc) is 2.01. The SMILES string of the molecule is CNCC=C(CCO)CCO. The van der Waals surface area contributed by atoms with E-state index in [4.69, 9.17) is 10.2 Å². The standard InChI is InChI=1S/C8H17NO2/c1-9-5-2-8(3-6-10)4-7-11/h2,9-11H,3-7H2,1H3. The van der Waals surface area contributed by atoms with Crippen molar-refractivity contribution in [1.29, 1.82) is 0 Å². The van der Waals surface area contributed by atoms with Crippen LogP contribution in [0.15, 0.2) is 11.6 Å². The second-order valence-electron chi connectivity index (χ2n) is 2.37. The molecule has 0 atom stereocenters. The zero-order chi connectivity index (χ0) is 8.53. The molecule has 0 saturated carbocycles. The maximum absolute atomic E-state index is 8.62. The molecule has 66 valence electrons. The Labute approximate surface area is 67.7 Å². The Morgan fingerprint density at radius 1 is 1.27 bits per heavy atom. The smallest absolute Gasteiger partial charge is 0.0468 e. The van der Waals surface area contributed by atoms with Crippen LogP contribution in [-0.4, -0.2) is 37.0 Å². The molecule has 0 fully saturated rings. The summed E-state index contributed by atoms with van der Waals surface area (Å²) in [5.74, 6) is 0. The average molecular weight is 159 g/mol. The summed E-state index contributed by atoms with van der Waals surface area (Å²) < 4.78 is 0. The largest absolute Gasteiger partial charge is 0.396 e. The monoisotopic (exact) mass is 159 g/mol. The second-order valence-corrected chi connectivity index (χ2v) is 2.37. The number of hydrogen-bond donors (Lipinski definition) is 3. The van der Waals surface area contributed by atoms with Gasteiger partial charge in [-0.3, -0.25) is 0 Å². The van der Waals surface area contributed by atoms with Gasteiger partial charge in [0, 0.05) is 19.8 Å². The summed E-state index contributed by atoms with van der Waals surface area (Å²) in [7, 11) is 1.87. The summed E-state index contributed by atoms with van der Waals surface area (Å²) in [5, 5.41) is 20.2. The van der Waals surface area contributed by atoms with Gasteiger partial charge in [-0.05, 0) is 19.9 Å². The third-order valence-electron chi connectivity index (χ3n) is 1.46. The zero-order valence-corrected chi connectivity index (χ0v) is 7.01. The highest BCUT2D eigenvalue weighted by molar-refractivity contribution is 5.02. The minimum absolute atomic E-state index is 0.162. The Morgan fingerprint density at radius 2 is 1.82 bits per heavy atom. The number of hydrogen-bond acceptors (Lipinski definition) is 3. The summed E-state index contributed by atoms with van der Waals surface area (Å²) in [6.45, 7) is 1.13. The molecule has 0 spiro atoms. The number of rotatable bonds is 6. The van der Waals surface area contributed by atoms with Crippen LogP contribution in [0.4, 0.5) is 0 Å². The molecular formula is C8H17NO2. The highest BCUT2D eigenvalue weighted by Crippen LogP contribution is 2.04. The van der Waals surface area contributed by atoms with Crippen molar-refractivity contribution < 1.29 is 10.2 Å². The summed E-state index contributed by atoms with van der Waals surface area (Å²) >= 11 is 0. The van der Waals surface area contributed by atoms with E-state index < -0.39 is 0 Å². The molecule has 0 radical (unpaired) electrons. The summed E-state index contributed by atoms with van der Waals surface area (Å²) in [6, 6.07) is 0. The molecule has 0 aliphatic heterocycles. The molecule has 3 N–H and O–H groups in total. The minimum atomic E-state index is 0.162. The van der Waals surface area contributed by atoms with Crippen LogP contribution in [0.5, 0.6) is 0 Å². The van der Waals surface area contributed by atoms with E-state index in [1.807, 2.05) is 13.1 Å². The van der Waals surface area contributed by atoms with Gasteiger partial charge in [0.1, 0.15) is 0 Å². The van der Waals surface area contributed by atoms with Gasteiger partial charge < -0.3 is 15.5 Å². The molecule has 0 aliphatic rings. The van der Waals surface area contributed by atoms with Crippen molar-refractivity contribution in [1.82, 2.24) is 5.32 Å². The van der Waals surface area contributed by atoms with Crippen LogP contribution in [0.25, 0.3) is 0 Å². The van der Waals surface area contributed by atoms with E-state index in [-0.39, 0.29) is 13.2 Å². The molecule has 3 nitrogen and oxygen atoms in total. The Balaban J connectivity index is 3.66. The van der Waals surface area contributed by atoms with E-state index in [9.17, 15) is 0 Å². The van der Waals surface area contributed by atoms with Crippen LogP contribution < -0.4 is 5.32 Å². The normalized spacial score (nSPS) is 9.73. The van der Waals surface area contributed by atoms with Gasteiger partial charge in [-0.15, -0.1) is 0 Å². The van der Waals surface area contributed by atoms with Crippen LogP contribution in [0, 0.1) is 0 Å². The maximum Gasteiger partial charge on any atom is 0.0468 e. The first-order valence-electron chi connectivity index (χ1n) is 3.89. The van der Waals surface area contributed by atoms with Crippen molar-refractivity contribution in [2.45, 2.75) is 12.8 Å². The first-order valence-corrected chi connectivity index (χ1v) is 3.89. The first-order chi connectivity index (χ1) is 5.35. The van der Waals surface area contributed by atoms with Crippen LogP contribution in [0.2, 0.25) is 0 Å². The molecule has 0 aromatic carbocycles. The Kier molecular flexibility index (Phi) is 7.46. The predicted octanol–water partition coefficient (Wildman–Crippen LogP) is -0.103. The maximum atomic E-state index is 8.62. The molecule has 0 rings (SSSR count). The zero-order valence-electron chi connectivity index (χ0n) is 7.01. The molecule has 11 heavy (non-hydrogen) atoms. The van der Waals surface area contributed by atoms with Crippen molar-refractivity contribution >= 4 is 0 Å². The molecule has 0 aromatic rings. The highest BCUT2D eigenvalue weighted by Gasteiger charge is 1.94. The fourth-order valence-corrected chi connectivity index (χ4v) is 0.863. The summed E-state index contributed by atoms with van der Waals surface area (Å²) in [4.78, 5) is 0. The van der Waals surface area contributed by atoms with Gasteiger partial charge in [-0.2, -0.15) is 0 Å². The van der Waals surface area contributed by atoms with Gasteiger partial charge in [0.05, 0.1) is 0 Å². The summed E-state index contributed by atoms with van der Waals surface area (Å²) in [6.07, 6.45) is 3.34. The molecular weight excluding hydrogens is 142 g/mol. The number of nitrogens with one attached hydrogen (secondary N) is 1. The van der Waals surface area contributed by atoms with E-state index in [1.165, 1.54) is 0 Å². The lowest BCUT2D eigenvalue weighted by atomic mass is 10.1. The third kappa shape index (κ3) is 6.04. The van der Waals surface area contributed by atoms with Crippen LogP contribution in [0.1, 0.15) is 12.8 Å². The third-order valence-corrected chi connectivity index (χ3v) is 1.46. The molecule has 0 bridgehead atoms. The van der Waals surface area contributed by atoms with Crippen molar-refractivity contribution in [3.8, 4) is 0 Å². The fraction of sp³-hybridized carbons (Fsp3) is 0.750. The topological polar surface area (TPSA) is 52.5 Å². The van der Waals surface area contributed by atoms with Crippen LogP contribution in [-0.2, 0) is 0 Å². The number of aliphatic hydroxyl groups is 2. The van der Waals surface area contributed by atoms with Gasteiger partial charge >= 0.3 is 0 Å². The van der Waals surface area contributed by atoms with E-state index in [0.717, 1.165) is 12.1 Å². The lowest BCUT2D eigenvalue weighted by molar-refractivity contribution is 0.280. The molecule has 0 aromatic heterocycles. The molecule has 0 amide bonds. The number of likely N-dealkylation sites (N-methyl/N-ethyl adjacent to an activating group) is 1. The van der Waals surface area contributed by atoms with E-state index in [0.29, 0.717) is 12.8 Å². The van der Waals surface area contributed by atoms with Gasteiger partial charge in [0.15, 0.2) is 0 Å². The number of aliphatic hydroxyl groups excluding tert-OH is 2. The van der Waals surface area contributed by atoms with Gasteiger partial charge in [0.25, 0.3) is 0 Å². The molecule has 0 saturated heterocycles. The quantitative estimate of drug-likeness (QED) is 0.474. The second kappa shape index (κ2) is 7.72. The van der Waals surface area contributed by atoms with Crippen LogP contribution in [0.3, 0.4) is 0 Å². The highest BCUT2D eigenvalue weighted by atomic mass is 16.3. The fourth-order valence-electron chi connectivity index (χ4n) is 0.863. The lowest BCUT2D eigenvalue weighted by Crippen LogP contribution is -2.06. The van der Waals surface area contributed by atoms with E-state index in [2.05, 4.69) is 5.32 Å². The summed E-state index contributed by atoms with van der Waals surface area (Å²) in [5.41, 5.74) is 1.12. The molecule has 0 unspecified atom stereocenters. The minimum Gasteiger partial charge on any atom is -0.396 e. The van der Waals surface area contributed by atoms with Gasteiger partial charge in [-0.1, -0.05) is 11.6 Å². The van der Waals surface area contributed by atoms with E-state index >= 15 is 0 Å². The van der Waals surface area contributed by atoms with Crippen molar-refractivity contribution in [2.75, 3.05) is 26.8 Å². The molecule has 0 heterocycles. The Morgan fingerprint density at radius 3 is 2.18 bits per heavy atom. The van der Waals surface area contributed by atoms with Crippen molar-refractivity contribution in [2.24, 2.45) is 0 Å². The van der Waals surface area contributed by atoms with Gasteiger partial charge in [0.2, 0.25) is 0 Å². The molecule has 0 aliphatic carbocycles. The first kappa shape index (κ1) is 10.6. The predicted molar refractivity (Wildman–Crippen MR) is 45.4 cm³/mol. The Hall–Kier alpha value is -0.380.